The van der Waals surface area contributed by atoms with E-state index in [1.54, 1.807) is 13.8 Å². The lowest BCUT2D eigenvalue weighted by Gasteiger charge is -2.22. The minimum Gasteiger partial charge on any atom is -0.481 e. The predicted molar refractivity (Wildman–Crippen MR) is 67.8 cm³/mol. The Morgan fingerprint density at radius 1 is 1.28 bits per heavy atom. The summed E-state index contributed by atoms with van der Waals surface area (Å²) in [6.45, 7) is 5.50. The molecule has 0 aromatic rings. The summed E-state index contributed by atoms with van der Waals surface area (Å²) in [6, 6.07) is 0. The Morgan fingerprint density at radius 2 is 1.78 bits per heavy atom. The average molecular weight is 282 g/mol. The Labute approximate surface area is 108 Å². The molecule has 0 rings (SSSR count). The van der Waals surface area contributed by atoms with Crippen molar-refractivity contribution in [1.82, 2.24) is 0 Å². The third kappa shape index (κ3) is 7.82. The van der Waals surface area contributed by atoms with Crippen LogP contribution in [0.3, 0.4) is 0 Å². The van der Waals surface area contributed by atoms with E-state index in [0.717, 1.165) is 0 Å². The Kier molecular flexibility index (Phi) is 7.71. The van der Waals surface area contributed by atoms with Crippen molar-refractivity contribution in [2.24, 2.45) is 0 Å². The van der Waals surface area contributed by atoms with Crippen LogP contribution in [0.5, 0.6) is 0 Å². The van der Waals surface area contributed by atoms with Crippen LogP contribution < -0.4 is 0 Å². The zero-order valence-electron chi connectivity index (χ0n) is 11.2. The average Bonchev–Trinajstić information content (AvgIpc) is 2.15. The van der Waals surface area contributed by atoms with Crippen LogP contribution >= 0.6 is 7.60 Å². The molecule has 1 unspecified atom stereocenters. The van der Waals surface area contributed by atoms with Gasteiger partial charge in [0.1, 0.15) is 0 Å². The molecule has 1 atom stereocenters. The highest BCUT2D eigenvalue weighted by molar-refractivity contribution is 7.53. The summed E-state index contributed by atoms with van der Waals surface area (Å²) >= 11 is 0. The van der Waals surface area contributed by atoms with Crippen molar-refractivity contribution < 1.29 is 28.6 Å². The highest BCUT2D eigenvalue weighted by atomic mass is 31.2. The van der Waals surface area contributed by atoms with E-state index >= 15 is 0 Å². The zero-order valence-corrected chi connectivity index (χ0v) is 12.1. The molecule has 0 radical (unpaired) electrons. The summed E-state index contributed by atoms with van der Waals surface area (Å²) in [6.07, 6.45) is 0.478. The second kappa shape index (κ2) is 7.89. The quantitative estimate of drug-likeness (QED) is 0.597. The van der Waals surface area contributed by atoms with E-state index in [1.807, 2.05) is 0 Å². The van der Waals surface area contributed by atoms with Crippen molar-refractivity contribution in [3.05, 3.63) is 0 Å². The fourth-order valence-electron chi connectivity index (χ4n) is 1.63. The van der Waals surface area contributed by atoms with Gasteiger partial charge in [0.05, 0.1) is 31.4 Å². The molecule has 2 N–H and O–H groups in total. The number of aliphatic carboxylic acids is 1. The number of carboxylic acids is 1. The maximum absolute atomic E-state index is 12.1. The van der Waals surface area contributed by atoms with Crippen molar-refractivity contribution in [1.29, 1.82) is 0 Å². The van der Waals surface area contributed by atoms with Crippen molar-refractivity contribution >= 4 is 13.6 Å². The van der Waals surface area contributed by atoms with E-state index < -0.39 is 19.2 Å². The molecule has 0 heterocycles. The highest BCUT2D eigenvalue weighted by Gasteiger charge is 2.28. The third-order valence-corrected chi connectivity index (χ3v) is 4.50. The summed E-state index contributed by atoms with van der Waals surface area (Å²) in [7, 11) is -3.10. The minimum atomic E-state index is -3.10. The Balaban J connectivity index is 4.21. The first-order valence-corrected chi connectivity index (χ1v) is 7.80. The molecule has 0 fully saturated rings. The molecule has 0 aliphatic heterocycles. The predicted octanol–water partition coefficient (Wildman–Crippen LogP) is 2.26. The van der Waals surface area contributed by atoms with Crippen LogP contribution in [0.15, 0.2) is 0 Å². The smallest absolute Gasteiger partial charge is 0.330 e. The Morgan fingerprint density at radius 3 is 2.17 bits per heavy atom. The standard InChI is InChI=1S/C11H23O6P/c1-4-16-18(15,17-5-2)8-6-7-11(3,14)9-10(12)13/h14H,4-9H2,1-3H3,(H,12,13). The summed E-state index contributed by atoms with van der Waals surface area (Å²) < 4.78 is 22.3. The molecule has 0 aliphatic carbocycles. The van der Waals surface area contributed by atoms with E-state index in [-0.39, 0.29) is 19.0 Å². The topological polar surface area (TPSA) is 93.1 Å². The lowest BCUT2D eigenvalue weighted by Crippen LogP contribution is -2.28. The molecule has 0 spiro atoms. The monoisotopic (exact) mass is 282 g/mol. The fourth-order valence-corrected chi connectivity index (χ4v) is 3.29. The normalized spacial score (nSPS) is 15.3. The van der Waals surface area contributed by atoms with E-state index in [9.17, 15) is 14.5 Å². The molecular weight excluding hydrogens is 259 g/mol. The molecule has 0 amide bonds. The lowest BCUT2D eigenvalue weighted by atomic mass is 9.97. The minimum absolute atomic E-state index is 0.185. The molecular formula is C11H23O6P. The summed E-state index contributed by atoms with van der Waals surface area (Å²) in [5.41, 5.74) is -1.30. The second-order valence-corrected chi connectivity index (χ2v) is 6.53. The van der Waals surface area contributed by atoms with Crippen LogP contribution in [-0.2, 0) is 18.4 Å². The van der Waals surface area contributed by atoms with Gasteiger partial charge in [0.25, 0.3) is 0 Å². The van der Waals surface area contributed by atoms with Crippen LogP contribution in [-0.4, -0.2) is 41.2 Å². The largest absolute Gasteiger partial charge is 0.481 e. The van der Waals surface area contributed by atoms with Crippen LogP contribution in [0.2, 0.25) is 0 Å². The van der Waals surface area contributed by atoms with E-state index in [4.69, 9.17) is 14.2 Å². The molecule has 0 aromatic carbocycles. The van der Waals surface area contributed by atoms with Gasteiger partial charge in [-0.3, -0.25) is 9.36 Å². The van der Waals surface area contributed by atoms with Crippen molar-refractivity contribution in [2.45, 2.75) is 45.6 Å². The SMILES string of the molecule is CCOP(=O)(CCCC(C)(O)CC(=O)O)OCC. The Hall–Kier alpha value is -0.420. The first-order chi connectivity index (χ1) is 8.24. The summed E-state index contributed by atoms with van der Waals surface area (Å²) in [5.74, 6) is -1.06. The number of hydrogen-bond donors (Lipinski definition) is 2. The van der Waals surface area contributed by atoms with E-state index in [2.05, 4.69) is 0 Å². The van der Waals surface area contributed by atoms with Gasteiger partial charge in [-0.2, -0.15) is 0 Å². The van der Waals surface area contributed by atoms with Crippen molar-refractivity contribution in [3.63, 3.8) is 0 Å². The molecule has 0 aliphatic rings. The van der Waals surface area contributed by atoms with Gasteiger partial charge in [-0.1, -0.05) is 0 Å². The van der Waals surface area contributed by atoms with Crippen LogP contribution in [0, 0.1) is 0 Å². The maximum atomic E-state index is 12.1. The molecule has 108 valence electrons. The number of hydrogen-bond acceptors (Lipinski definition) is 5. The number of rotatable bonds is 10. The Bertz CT molecular complexity index is 292. The van der Waals surface area contributed by atoms with Crippen LogP contribution in [0.4, 0.5) is 0 Å². The summed E-state index contributed by atoms with van der Waals surface area (Å²) in [4.78, 5) is 10.5. The first kappa shape index (κ1) is 17.6. The van der Waals surface area contributed by atoms with Gasteiger partial charge in [0, 0.05) is 0 Å². The molecule has 18 heavy (non-hydrogen) atoms. The summed E-state index contributed by atoms with van der Waals surface area (Å²) in [5, 5.41) is 18.4. The molecule has 0 saturated heterocycles. The van der Waals surface area contributed by atoms with Gasteiger partial charge in [-0.15, -0.1) is 0 Å². The van der Waals surface area contributed by atoms with Gasteiger partial charge in [-0.05, 0) is 33.6 Å². The van der Waals surface area contributed by atoms with Gasteiger partial charge in [-0.25, -0.2) is 0 Å². The van der Waals surface area contributed by atoms with E-state index in [1.165, 1.54) is 6.92 Å². The third-order valence-electron chi connectivity index (χ3n) is 2.33. The molecule has 0 bridgehead atoms. The van der Waals surface area contributed by atoms with Crippen molar-refractivity contribution in [2.75, 3.05) is 19.4 Å². The molecule has 7 heteroatoms. The lowest BCUT2D eigenvalue weighted by molar-refractivity contribution is -0.142. The molecule has 6 nitrogen and oxygen atoms in total. The molecule has 0 aromatic heterocycles. The second-order valence-electron chi connectivity index (χ2n) is 4.34. The van der Waals surface area contributed by atoms with Crippen molar-refractivity contribution in [3.8, 4) is 0 Å². The number of carboxylic acid groups (broad SMARTS) is 1. The zero-order chi connectivity index (χ0) is 14.2. The van der Waals surface area contributed by atoms with Gasteiger partial charge in [0.2, 0.25) is 0 Å². The van der Waals surface area contributed by atoms with Gasteiger partial charge < -0.3 is 19.3 Å². The number of aliphatic hydroxyl groups is 1. The fraction of sp³-hybridized carbons (Fsp3) is 0.909. The molecule has 0 saturated carbocycles. The highest BCUT2D eigenvalue weighted by Crippen LogP contribution is 2.49. The maximum Gasteiger partial charge on any atom is 0.330 e. The van der Waals surface area contributed by atoms with Crippen LogP contribution in [0.25, 0.3) is 0 Å². The number of carbonyl (C=O) groups is 1. The van der Waals surface area contributed by atoms with Gasteiger partial charge in [0.15, 0.2) is 0 Å². The van der Waals surface area contributed by atoms with E-state index in [0.29, 0.717) is 19.6 Å². The first-order valence-electron chi connectivity index (χ1n) is 6.07. The van der Waals surface area contributed by atoms with Crippen LogP contribution in [0.1, 0.15) is 40.0 Å². The van der Waals surface area contributed by atoms with Gasteiger partial charge >= 0.3 is 13.6 Å².